The standard InChI is InChI=1S/2C25H21.2CH3.2ClH.Si.Zr/c2*1-3-7-20(8-4-1)22-13-14-23(21-9-5-2-6-10-21)25-17-19(16-24(22)25)15-18-11-12-18;;;;;;/h2*1-10,13-14,16-18H,11-12,15H2;2*1H3;2*1H;;/q4*-1;;;;. The van der Waals surface area contributed by atoms with Crippen LogP contribution < -0.4 is 0 Å². The summed E-state index contributed by atoms with van der Waals surface area (Å²) in [6.07, 6.45) is 8.07. The Balaban J connectivity index is 0.000000223. The molecule has 4 heteroatoms. The average Bonchev–Trinajstić information content (AvgIpc) is 4.13. The van der Waals surface area contributed by atoms with Gasteiger partial charge >= 0.3 is 30.2 Å². The molecule has 0 spiro atoms. The van der Waals surface area contributed by atoms with E-state index in [0.717, 1.165) is 11.8 Å². The van der Waals surface area contributed by atoms with Crippen LogP contribution in [-0.2, 0) is 36.2 Å². The van der Waals surface area contributed by atoms with Crippen LogP contribution in [0.3, 0.4) is 0 Å². The van der Waals surface area contributed by atoms with E-state index in [1.807, 2.05) is 0 Å². The smallest absolute Gasteiger partial charge is 0.0279 e. The molecular weight excluding hydrogens is 815 g/mol. The zero-order valence-corrected chi connectivity index (χ0v) is 37.5. The minimum absolute atomic E-state index is 0. The third-order valence-corrected chi connectivity index (χ3v) is 10.7. The Labute approximate surface area is 364 Å². The first-order valence-electron chi connectivity index (χ1n) is 18.7. The van der Waals surface area contributed by atoms with Crippen molar-refractivity contribution in [3.05, 3.63) is 196 Å². The third-order valence-electron chi connectivity index (χ3n) is 10.7. The van der Waals surface area contributed by atoms with Gasteiger partial charge < -0.3 is 14.9 Å². The van der Waals surface area contributed by atoms with Gasteiger partial charge in [-0.25, -0.2) is 0 Å². The molecule has 0 N–H and O–H groups in total. The number of halogens is 2. The van der Waals surface area contributed by atoms with E-state index in [4.69, 9.17) is 0 Å². The molecule has 56 heavy (non-hydrogen) atoms. The number of benzene rings is 6. The van der Waals surface area contributed by atoms with Gasteiger partial charge in [-0.3, -0.25) is 0 Å². The zero-order chi connectivity index (χ0) is 35.3. The van der Waals surface area contributed by atoms with Crippen molar-refractivity contribution in [2.75, 3.05) is 0 Å². The van der Waals surface area contributed by atoms with Gasteiger partial charge in [0.2, 0.25) is 0 Å². The predicted molar refractivity (Wildman–Crippen MR) is 247 cm³/mol. The molecule has 2 radical (unpaired) electrons. The van der Waals surface area contributed by atoms with Gasteiger partial charge in [0.1, 0.15) is 0 Å². The fourth-order valence-electron chi connectivity index (χ4n) is 7.74. The van der Waals surface area contributed by atoms with Gasteiger partial charge in [0.05, 0.1) is 0 Å². The van der Waals surface area contributed by atoms with Gasteiger partial charge in [-0.15, -0.1) is 69.6 Å². The molecule has 0 amide bonds. The largest absolute Gasteiger partial charge is 0.164 e. The fourth-order valence-corrected chi connectivity index (χ4v) is 7.74. The Morgan fingerprint density at radius 1 is 0.411 bits per heavy atom. The second kappa shape index (κ2) is 21.1. The van der Waals surface area contributed by atoms with Crippen molar-refractivity contribution >= 4 is 53.2 Å². The summed E-state index contributed by atoms with van der Waals surface area (Å²) in [6, 6.07) is 62.0. The Morgan fingerprint density at radius 3 is 0.964 bits per heavy atom. The van der Waals surface area contributed by atoms with Gasteiger partial charge in [0.15, 0.2) is 0 Å². The Kier molecular flexibility index (Phi) is 16.9. The second-order valence-electron chi connectivity index (χ2n) is 14.5. The topological polar surface area (TPSA) is 0 Å². The molecule has 0 atom stereocenters. The molecule has 0 heterocycles. The predicted octanol–water partition coefficient (Wildman–Crippen LogP) is 15.1. The molecule has 10 rings (SSSR count). The number of hydrogen-bond donors (Lipinski definition) is 0. The van der Waals surface area contributed by atoms with Crippen LogP contribution in [0.2, 0.25) is 0 Å². The second-order valence-corrected chi connectivity index (χ2v) is 14.5. The van der Waals surface area contributed by atoms with Crippen molar-refractivity contribution < 1.29 is 23.3 Å². The van der Waals surface area contributed by atoms with E-state index < -0.39 is 0 Å². The van der Waals surface area contributed by atoms with Crippen LogP contribution in [0.4, 0.5) is 0 Å². The molecule has 0 unspecified atom stereocenters. The normalized spacial score (nSPS) is 12.6. The Bertz CT molecular complexity index is 2070. The van der Waals surface area contributed by atoms with Crippen molar-refractivity contribution in [2.45, 2.75) is 38.5 Å². The van der Waals surface area contributed by atoms with Gasteiger partial charge in [-0.1, -0.05) is 179 Å². The van der Waals surface area contributed by atoms with Crippen LogP contribution in [-0.4, -0.2) is 6.88 Å². The van der Waals surface area contributed by atoms with E-state index >= 15 is 0 Å². The molecule has 2 fully saturated rings. The molecule has 2 saturated carbocycles. The number of hydrogen-bond acceptors (Lipinski definition) is 0. The van der Waals surface area contributed by atoms with E-state index in [1.54, 1.807) is 0 Å². The Hall–Kier alpha value is -3.78. The fraction of sp³-hybridized carbons (Fsp3) is 0.154. The molecule has 0 aliphatic heterocycles. The first kappa shape index (κ1) is 44.9. The minimum Gasteiger partial charge on any atom is -0.164 e. The van der Waals surface area contributed by atoms with Crippen molar-refractivity contribution in [3.8, 4) is 44.5 Å². The van der Waals surface area contributed by atoms with E-state index in [-0.39, 0.29) is 39.7 Å². The van der Waals surface area contributed by atoms with Crippen LogP contribution in [0.1, 0.15) is 36.8 Å². The quantitative estimate of drug-likeness (QED) is 0.105. The molecule has 0 nitrogen and oxygen atoms in total. The maximum absolute atomic E-state index is 3.06. The molecule has 0 aromatic heterocycles. The van der Waals surface area contributed by atoms with Gasteiger partial charge in [0.25, 0.3) is 0 Å². The van der Waals surface area contributed by atoms with Gasteiger partial charge in [-0.2, -0.15) is 12.1 Å². The van der Waals surface area contributed by atoms with Crippen LogP contribution in [0.5, 0.6) is 0 Å². The van der Waals surface area contributed by atoms with Crippen molar-refractivity contribution in [3.63, 3.8) is 0 Å². The molecule has 284 valence electrons. The molecule has 2 aliphatic carbocycles. The van der Waals surface area contributed by atoms with Crippen molar-refractivity contribution in [2.24, 2.45) is 11.8 Å². The first-order chi connectivity index (χ1) is 25.8. The summed E-state index contributed by atoms with van der Waals surface area (Å²) in [5.74, 6) is 1.83. The van der Waals surface area contributed by atoms with Crippen LogP contribution in [0, 0.1) is 26.7 Å². The van der Waals surface area contributed by atoms with E-state index in [0.29, 0.717) is 0 Å². The summed E-state index contributed by atoms with van der Waals surface area (Å²) in [5.41, 5.74) is 13.6. The van der Waals surface area contributed by atoms with Crippen LogP contribution in [0.25, 0.3) is 66.1 Å². The molecule has 2 aliphatic rings. The minimum atomic E-state index is 0. The zero-order valence-electron chi connectivity index (χ0n) is 32.4. The average molecular weight is 865 g/mol. The molecule has 8 aromatic carbocycles. The summed E-state index contributed by atoms with van der Waals surface area (Å²) in [4.78, 5) is 0. The van der Waals surface area contributed by atoms with E-state index in [2.05, 4.69) is 177 Å². The molecule has 0 bridgehead atoms. The molecular formula is C52H50Cl2SiZr-4. The number of fused-ring (bicyclic) bond motifs is 2. The third kappa shape index (κ3) is 10.4. The summed E-state index contributed by atoms with van der Waals surface area (Å²) in [6.45, 7) is 3.06. The first-order valence-corrected chi connectivity index (χ1v) is 22.9. The molecule has 8 aromatic rings. The van der Waals surface area contributed by atoms with Crippen molar-refractivity contribution in [1.29, 1.82) is 0 Å². The van der Waals surface area contributed by atoms with E-state index in [9.17, 15) is 0 Å². The van der Waals surface area contributed by atoms with Crippen LogP contribution >= 0.6 is 24.8 Å². The molecule has 0 saturated heterocycles. The maximum atomic E-state index is 3.06. The summed E-state index contributed by atoms with van der Waals surface area (Å²) in [5, 5.41) is 5.57. The van der Waals surface area contributed by atoms with Crippen molar-refractivity contribution in [1.82, 2.24) is 0 Å². The van der Waals surface area contributed by atoms with Gasteiger partial charge in [0, 0.05) is 0 Å². The SMILES string of the molecule is Cl.Cl.[CH3-].[CH3-].[Si]=[Zr].c1ccc(-c2ccc(-c3ccccc3)c3[cH-]c(CC4CC4)cc23)cc1.c1ccc(-c2ccc(-c3ccccc3)c3[cH-]c(CC4CC4)cc23)cc1. The van der Waals surface area contributed by atoms with Crippen LogP contribution in [0.15, 0.2) is 170 Å². The monoisotopic (exact) mass is 862 g/mol. The Morgan fingerprint density at radius 2 is 0.679 bits per heavy atom. The summed E-state index contributed by atoms with van der Waals surface area (Å²) >= 11 is 1.36. The summed E-state index contributed by atoms with van der Waals surface area (Å²) in [7, 11) is 0. The number of rotatable bonds is 8. The summed E-state index contributed by atoms with van der Waals surface area (Å²) < 4.78 is 0. The maximum Gasteiger partial charge on any atom is -0.0279 e. The van der Waals surface area contributed by atoms with Gasteiger partial charge in [-0.05, 0) is 61.5 Å². The van der Waals surface area contributed by atoms with E-state index in [1.165, 1.54) is 139 Å².